The van der Waals surface area contributed by atoms with Crippen LogP contribution < -0.4 is 0 Å². The van der Waals surface area contributed by atoms with Gasteiger partial charge in [0.05, 0.1) is 25.7 Å². The van der Waals surface area contributed by atoms with Crippen molar-refractivity contribution in [2.24, 2.45) is 0 Å². The highest BCUT2D eigenvalue weighted by atomic mass is 16.4. The lowest BCUT2D eigenvalue weighted by Gasteiger charge is -2.04. The molecule has 0 aromatic carbocycles. The summed E-state index contributed by atoms with van der Waals surface area (Å²) in [5.41, 5.74) is 11.4. The predicted molar refractivity (Wildman–Crippen MR) is 159 cm³/mol. The molecular formula is C32H36N4O8. The molecule has 0 unspecified atom stereocenters. The average molecular weight is 605 g/mol. The van der Waals surface area contributed by atoms with Crippen LogP contribution in [0.15, 0.2) is 0 Å². The number of H-pyrrole nitrogens is 4. The van der Waals surface area contributed by atoms with Gasteiger partial charge >= 0.3 is 23.9 Å². The molecule has 0 atom stereocenters. The van der Waals surface area contributed by atoms with Crippen molar-refractivity contribution in [3.05, 3.63) is 90.1 Å². The van der Waals surface area contributed by atoms with Gasteiger partial charge in [-0.1, -0.05) is 0 Å². The number of hydrogen-bond acceptors (Lipinski definition) is 4. The van der Waals surface area contributed by atoms with E-state index in [1.54, 1.807) is 0 Å². The molecule has 4 aromatic heterocycles. The van der Waals surface area contributed by atoms with Crippen LogP contribution in [-0.4, -0.2) is 64.2 Å². The highest BCUT2D eigenvalue weighted by Crippen LogP contribution is 2.32. The first-order valence-electron chi connectivity index (χ1n) is 14.4. The molecule has 4 aromatic rings. The van der Waals surface area contributed by atoms with Gasteiger partial charge < -0.3 is 40.4 Å². The Labute approximate surface area is 252 Å². The number of carbonyl (C=O) groups is 4. The van der Waals surface area contributed by atoms with Gasteiger partial charge in [-0.15, -0.1) is 0 Å². The van der Waals surface area contributed by atoms with Gasteiger partial charge in [0, 0.05) is 71.2 Å². The fourth-order valence-corrected chi connectivity index (χ4v) is 6.62. The van der Waals surface area contributed by atoms with Crippen molar-refractivity contribution >= 4 is 23.9 Å². The predicted octanol–water partition coefficient (Wildman–Crippen LogP) is 3.42. The molecule has 1 aliphatic heterocycles. The van der Waals surface area contributed by atoms with Crippen LogP contribution in [-0.2, 0) is 70.5 Å². The molecule has 0 spiro atoms. The van der Waals surface area contributed by atoms with Crippen LogP contribution in [0.1, 0.15) is 90.1 Å². The van der Waals surface area contributed by atoms with Gasteiger partial charge in [-0.3, -0.25) is 19.2 Å². The number of nitrogens with one attached hydrogen (secondary N) is 4. The maximum absolute atomic E-state index is 11.9. The van der Waals surface area contributed by atoms with E-state index in [-0.39, 0.29) is 25.7 Å². The summed E-state index contributed by atoms with van der Waals surface area (Å²) < 4.78 is 0. The monoisotopic (exact) mass is 604 g/mol. The third-order valence-electron chi connectivity index (χ3n) is 9.01. The Hall–Kier alpha value is -5.00. The van der Waals surface area contributed by atoms with Crippen molar-refractivity contribution in [3.8, 4) is 0 Å². The first-order chi connectivity index (χ1) is 20.7. The van der Waals surface area contributed by atoms with E-state index in [1.165, 1.54) is 0 Å². The standard InChI is InChI=1S/C32H36N4O8/c1-13-17(5-29(37)38)25-10-22-15(3)19(7-31(41)42)27(35-22)12-24-16(4)20(8-32(43)44)28(36-24)11-23-14(2)18(6-30(39)40)26(34-23)9-21(13)33-25/h33-36H,5-12H2,1-4H3,(H,37,38)(H,39,40)(H,41,42)(H,43,44). The van der Waals surface area contributed by atoms with Crippen molar-refractivity contribution in [2.45, 2.75) is 79.1 Å². The maximum Gasteiger partial charge on any atom is 0.307 e. The van der Waals surface area contributed by atoms with E-state index in [9.17, 15) is 39.6 Å². The molecule has 8 bridgehead atoms. The lowest BCUT2D eigenvalue weighted by atomic mass is 9.98. The topological polar surface area (TPSA) is 212 Å². The van der Waals surface area contributed by atoms with Gasteiger partial charge in [0.25, 0.3) is 0 Å². The van der Waals surface area contributed by atoms with E-state index in [0.717, 1.165) is 45.0 Å². The molecule has 5 heterocycles. The summed E-state index contributed by atoms with van der Waals surface area (Å²) in [6.07, 6.45) is 0.380. The molecule has 0 aliphatic carbocycles. The van der Waals surface area contributed by atoms with E-state index in [4.69, 9.17) is 0 Å². The Morgan fingerprint density at radius 2 is 0.591 bits per heavy atom. The van der Waals surface area contributed by atoms with E-state index in [1.807, 2.05) is 27.7 Å². The zero-order valence-corrected chi connectivity index (χ0v) is 25.1. The van der Waals surface area contributed by atoms with Crippen LogP contribution in [0, 0.1) is 27.7 Å². The molecule has 8 N–H and O–H groups in total. The first kappa shape index (κ1) is 30.5. The minimum absolute atomic E-state index is 0.209. The van der Waals surface area contributed by atoms with Crippen LogP contribution in [0.2, 0.25) is 0 Å². The van der Waals surface area contributed by atoms with Gasteiger partial charge in [0.1, 0.15) is 0 Å². The van der Waals surface area contributed by atoms with E-state index >= 15 is 0 Å². The molecule has 5 rings (SSSR count). The van der Waals surface area contributed by atoms with Crippen molar-refractivity contribution in [1.29, 1.82) is 0 Å². The van der Waals surface area contributed by atoms with Crippen LogP contribution in [0.3, 0.4) is 0 Å². The maximum atomic E-state index is 11.9. The summed E-state index contributed by atoms with van der Waals surface area (Å²) in [6.45, 7) is 7.39. The minimum atomic E-state index is -0.985. The van der Waals surface area contributed by atoms with Crippen LogP contribution >= 0.6 is 0 Å². The largest absolute Gasteiger partial charge is 0.481 e. The van der Waals surface area contributed by atoms with E-state index in [0.29, 0.717) is 70.7 Å². The number of rotatable bonds is 8. The Morgan fingerprint density at radius 3 is 0.750 bits per heavy atom. The zero-order chi connectivity index (χ0) is 32.0. The first-order valence-corrected chi connectivity index (χ1v) is 14.4. The van der Waals surface area contributed by atoms with E-state index in [2.05, 4.69) is 19.9 Å². The highest BCUT2D eigenvalue weighted by molar-refractivity contribution is 5.74. The molecule has 0 saturated carbocycles. The second-order valence-corrected chi connectivity index (χ2v) is 11.7. The summed E-state index contributed by atoms with van der Waals surface area (Å²) >= 11 is 0. The van der Waals surface area contributed by atoms with E-state index < -0.39 is 23.9 Å². The zero-order valence-electron chi connectivity index (χ0n) is 25.1. The normalized spacial score (nSPS) is 12.8. The number of carboxylic acid groups (broad SMARTS) is 4. The summed E-state index contributed by atoms with van der Waals surface area (Å²) in [6, 6.07) is 0. The molecule has 12 nitrogen and oxygen atoms in total. The summed E-state index contributed by atoms with van der Waals surface area (Å²) in [4.78, 5) is 61.2. The SMILES string of the molecule is Cc1c2[nH]c(c1CC(=O)O)Cc1[nH]c(c(CC(=O)O)c1C)Cc1[nH]c(c(CC(=O)O)c1C)Cc1[nH]c(c(CC(=O)O)c1C)C2. The molecule has 12 heteroatoms. The van der Waals surface area contributed by atoms with Crippen molar-refractivity contribution in [1.82, 2.24) is 19.9 Å². The number of aromatic nitrogens is 4. The molecule has 0 fully saturated rings. The van der Waals surface area contributed by atoms with Crippen LogP contribution in [0.4, 0.5) is 0 Å². The lowest BCUT2D eigenvalue weighted by Crippen LogP contribution is -2.05. The molecule has 0 amide bonds. The Kier molecular flexibility index (Phi) is 8.02. The van der Waals surface area contributed by atoms with Crippen molar-refractivity contribution in [2.75, 3.05) is 0 Å². The minimum Gasteiger partial charge on any atom is -0.481 e. The number of aliphatic carboxylic acids is 4. The van der Waals surface area contributed by atoms with Gasteiger partial charge in [-0.05, 0) is 72.2 Å². The highest BCUT2D eigenvalue weighted by Gasteiger charge is 2.26. The smallest absolute Gasteiger partial charge is 0.307 e. The molecule has 0 saturated heterocycles. The lowest BCUT2D eigenvalue weighted by molar-refractivity contribution is -0.137. The second kappa shape index (κ2) is 11.6. The second-order valence-electron chi connectivity index (χ2n) is 11.7. The van der Waals surface area contributed by atoms with Gasteiger partial charge in [0.2, 0.25) is 0 Å². The number of fused-ring (bicyclic) bond motifs is 8. The molecule has 1 aliphatic rings. The Morgan fingerprint density at radius 1 is 0.409 bits per heavy atom. The van der Waals surface area contributed by atoms with Gasteiger partial charge in [-0.25, -0.2) is 0 Å². The molecule has 0 radical (unpaired) electrons. The van der Waals surface area contributed by atoms with Crippen LogP contribution in [0.25, 0.3) is 0 Å². The third-order valence-corrected chi connectivity index (χ3v) is 9.01. The van der Waals surface area contributed by atoms with Crippen molar-refractivity contribution in [3.63, 3.8) is 0 Å². The number of carboxylic acids is 4. The summed E-state index contributed by atoms with van der Waals surface area (Å²) in [5.74, 6) is -3.94. The number of hydrogen-bond donors (Lipinski definition) is 8. The fraction of sp³-hybridized carbons (Fsp3) is 0.375. The molecular weight excluding hydrogens is 568 g/mol. The van der Waals surface area contributed by atoms with Gasteiger partial charge in [0.15, 0.2) is 0 Å². The van der Waals surface area contributed by atoms with Crippen molar-refractivity contribution < 1.29 is 39.6 Å². The summed E-state index contributed by atoms with van der Waals surface area (Å²) in [7, 11) is 0. The third kappa shape index (κ3) is 5.79. The Balaban J connectivity index is 1.76. The average Bonchev–Trinajstić information content (AvgIpc) is 3.56. The fourth-order valence-electron chi connectivity index (χ4n) is 6.62. The quantitative estimate of drug-likeness (QED) is 0.131. The number of aromatic amines is 4. The molecule has 44 heavy (non-hydrogen) atoms. The Bertz CT molecular complexity index is 1570. The van der Waals surface area contributed by atoms with Gasteiger partial charge in [-0.2, -0.15) is 0 Å². The summed E-state index contributed by atoms with van der Waals surface area (Å²) in [5, 5.41) is 38.9. The molecule has 232 valence electrons. The van der Waals surface area contributed by atoms with Crippen LogP contribution in [0.5, 0.6) is 0 Å².